The van der Waals surface area contributed by atoms with Gasteiger partial charge in [0.1, 0.15) is 0 Å². The van der Waals surface area contributed by atoms with E-state index in [0.29, 0.717) is 5.92 Å². The number of aliphatic hydroxyl groups excluding tert-OH is 1. The van der Waals surface area contributed by atoms with Crippen LogP contribution in [0.5, 0.6) is 0 Å². The van der Waals surface area contributed by atoms with Crippen LogP contribution in [0, 0.1) is 5.92 Å². The van der Waals surface area contributed by atoms with Gasteiger partial charge in [0.25, 0.3) is 0 Å². The van der Waals surface area contributed by atoms with Gasteiger partial charge in [0, 0.05) is 24.8 Å². The van der Waals surface area contributed by atoms with Crippen molar-refractivity contribution < 1.29 is 5.11 Å². The van der Waals surface area contributed by atoms with E-state index in [1.165, 1.54) is 5.56 Å². The monoisotopic (exact) mass is 225 g/mol. The summed E-state index contributed by atoms with van der Waals surface area (Å²) in [6.45, 7) is 7.01. The largest absolute Gasteiger partial charge is 0.393 e. The van der Waals surface area contributed by atoms with E-state index in [0.717, 1.165) is 13.0 Å². The number of aromatic nitrogens is 2. The van der Waals surface area contributed by atoms with E-state index in [4.69, 9.17) is 0 Å². The molecular weight excluding hydrogens is 202 g/mol. The Kier molecular flexibility index (Phi) is 4.96. The summed E-state index contributed by atoms with van der Waals surface area (Å²) in [5, 5.41) is 17.2. The van der Waals surface area contributed by atoms with Crippen LogP contribution in [0.15, 0.2) is 12.4 Å². The molecule has 0 aliphatic heterocycles. The van der Waals surface area contributed by atoms with Crippen LogP contribution in [-0.4, -0.2) is 27.5 Å². The first-order valence-corrected chi connectivity index (χ1v) is 5.90. The van der Waals surface area contributed by atoms with Crippen molar-refractivity contribution in [2.75, 3.05) is 6.54 Å². The van der Waals surface area contributed by atoms with Gasteiger partial charge in [0.15, 0.2) is 0 Å². The highest BCUT2D eigenvalue weighted by atomic mass is 16.3. The molecular formula is C12H23N3O. The molecule has 0 saturated heterocycles. The molecule has 0 aromatic carbocycles. The molecule has 1 heterocycles. The first-order chi connectivity index (χ1) is 7.50. The van der Waals surface area contributed by atoms with Crippen molar-refractivity contribution in [3.8, 4) is 0 Å². The lowest BCUT2D eigenvalue weighted by Crippen LogP contribution is -2.25. The molecule has 2 atom stereocenters. The van der Waals surface area contributed by atoms with E-state index in [1.807, 2.05) is 33.3 Å². The van der Waals surface area contributed by atoms with Gasteiger partial charge in [-0.3, -0.25) is 4.68 Å². The van der Waals surface area contributed by atoms with Gasteiger partial charge < -0.3 is 10.4 Å². The van der Waals surface area contributed by atoms with Gasteiger partial charge in [0.2, 0.25) is 0 Å². The summed E-state index contributed by atoms with van der Waals surface area (Å²) in [5.41, 5.74) is 1.18. The van der Waals surface area contributed by atoms with Crippen LogP contribution < -0.4 is 5.32 Å². The predicted molar refractivity (Wildman–Crippen MR) is 65.1 cm³/mol. The summed E-state index contributed by atoms with van der Waals surface area (Å²) in [5.74, 6) is 0.329. The number of nitrogens with one attached hydrogen (secondary N) is 1. The Bertz CT molecular complexity index is 309. The Morgan fingerprint density at radius 2 is 2.12 bits per heavy atom. The Morgan fingerprint density at radius 1 is 1.44 bits per heavy atom. The fraction of sp³-hybridized carbons (Fsp3) is 0.750. The summed E-state index contributed by atoms with van der Waals surface area (Å²) in [6.07, 6.45) is 4.46. The zero-order valence-corrected chi connectivity index (χ0v) is 10.6. The first kappa shape index (κ1) is 13.2. The highest BCUT2D eigenvalue weighted by Gasteiger charge is 2.10. The van der Waals surface area contributed by atoms with Crippen molar-refractivity contribution in [3.05, 3.63) is 18.0 Å². The maximum absolute atomic E-state index is 9.66. The molecule has 0 saturated carbocycles. The lowest BCUT2D eigenvalue weighted by atomic mass is 10.0. The van der Waals surface area contributed by atoms with E-state index in [-0.39, 0.29) is 12.1 Å². The quantitative estimate of drug-likeness (QED) is 0.771. The molecule has 0 bridgehead atoms. The van der Waals surface area contributed by atoms with Crippen molar-refractivity contribution in [2.45, 2.75) is 39.3 Å². The molecule has 0 amide bonds. The topological polar surface area (TPSA) is 50.1 Å². The molecule has 4 nitrogen and oxygen atoms in total. The second-order valence-electron chi connectivity index (χ2n) is 4.72. The van der Waals surface area contributed by atoms with E-state index in [1.54, 1.807) is 4.68 Å². The highest BCUT2D eigenvalue weighted by Crippen LogP contribution is 2.11. The van der Waals surface area contributed by atoms with E-state index in [9.17, 15) is 5.11 Å². The molecule has 0 spiro atoms. The molecule has 0 aliphatic rings. The number of hydrogen-bond donors (Lipinski definition) is 2. The van der Waals surface area contributed by atoms with Gasteiger partial charge in [-0.2, -0.15) is 5.10 Å². The van der Waals surface area contributed by atoms with Crippen LogP contribution in [0.1, 0.15) is 38.8 Å². The van der Waals surface area contributed by atoms with Gasteiger partial charge in [-0.15, -0.1) is 0 Å². The van der Waals surface area contributed by atoms with Gasteiger partial charge in [0.05, 0.1) is 12.3 Å². The van der Waals surface area contributed by atoms with E-state index >= 15 is 0 Å². The van der Waals surface area contributed by atoms with E-state index in [2.05, 4.69) is 17.3 Å². The SMILES string of the molecule is CC(NCCC(O)C(C)C)c1cnn(C)c1. The molecule has 16 heavy (non-hydrogen) atoms. The van der Waals surface area contributed by atoms with Gasteiger partial charge in [-0.05, 0) is 25.8 Å². The zero-order chi connectivity index (χ0) is 12.1. The van der Waals surface area contributed by atoms with Crippen molar-refractivity contribution in [2.24, 2.45) is 13.0 Å². The second kappa shape index (κ2) is 6.01. The average Bonchev–Trinajstić information content (AvgIpc) is 2.64. The van der Waals surface area contributed by atoms with E-state index < -0.39 is 0 Å². The Hall–Kier alpha value is -0.870. The minimum absolute atomic E-state index is 0.214. The highest BCUT2D eigenvalue weighted by molar-refractivity contribution is 5.08. The predicted octanol–water partition coefficient (Wildman–Crippen LogP) is 1.48. The lowest BCUT2D eigenvalue weighted by molar-refractivity contribution is 0.115. The fourth-order valence-electron chi connectivity index (χ4n) is 1.56. The van der Waals surface area contributed by atoms with Crippen LogP contribution in [-0.2, 0) is 7.05 Å². The van der Waals surface area contributed by atoms with Gasteiger partial charge >= 0.3 is 0 Å². The van der Waals surface area contributed by atoms with Crippen molar-refractivity contribution in [1.29, 1.82) is 0 Å². The minimum atomic E-state index is -0.214. The Morgan fingerprint density at radius 3 is 2.62 bits per heavy atom. The Labute approximate surface area is 97.7 Å². The number of aryl methyl sites for hydroxylation is 1. The molecule has 1 aromatic rings. The normalized spacial score (nSPS) is 15.4. The third-order valence-electron chi connectivity index (χ3n) is 2.89. The average molecular weight is 225 g/mol. The molecule has 0 fully saturated rings. The molecule has 0 radical (unpaired) electrons. The number of aliphatic hydroxyl groups is 1. The standard InChI is InChI=1S/C12H23N3O/c1-9(2)12(16)5-6-13-10(3)11-7-14-15(4)8-11/h7-10,12-13,16H,5-6H2,1-4H3. The molecule has 2 unspecified atom stereocenters. The van der Waals surface area contributed by atoms with Gasteiger partial charge in [-0.25, -0.2) is 0 Å². The summed E-state index contributed by atoms with van der Waals surface area (Å²) < 4.78 is 1.80. The molecule has 1 aromatic heterocycles. The van der Waals surface area contributed by atoms with Crippen LogP contribution in [0.2, 0.25) is 0 Å². The number of hydrogen-bond acceptors (Lipinski definition) is 3. The zero-order valence-electron chi connectivity index (χ0n) is 10.6. The molecule has 2 N–H and O–H groups in total. The maximum Gasteiger partial charge on any atom is 0.0575 e. The molecule has 92 valence electrons. The Balaban J connectivity index is 2.28. The summed E-state index contributed by atoms with van der Waals surface area (Å²) >= 11 is 0. The minimum Gasteiger partial charge on any atom is -0.393 e. The van der Waals surface area contributed by atoms with Crippen LogP contribution in [0.3, 0.4) is 0 Å². The molecule has 0 aliphatic carbocycles. The molecule has 4 heteroatoms. The fourth-order valence-corrected chi connectivity index (χ4v) is 1.56. The number of rotatable bonds is 6. The van der Waals surface area contributed by atoms with Crippen LogP contribution in [0.4, 0.5) is 0 Å². The van der Waals surface area contributed by atoms with Crippen molar-refractivity contribution in [1.82, 2.24) is 15.1 Å². The van der Waals surface area contributed by atoms with Crippen molar-refractivity contribution in [3.63, 3.8) is 0 Å². The second-order valence-corrected chi connectivity index (χ2v) is 4.72. The number of nitrogens with zero attached hydrogens (tertiary/aromatic N) is 2. The van der Waals surface area contributed by atoms with Gasteiger partial charge in [-0.1, -0.05) is 13.8 Å². The summed E-state index contributed by atoms with van der Waals surface area (Å²) in [7, 11) is 1.92. The summed E-state index contributed by atoms with van der Waals surface area (Å²) in [4.78, 5) is 0. The lowest BCUT2D eigenvalue weighted by Gasteiger charge is -2.17. The molecule has 1 rings (SSSR count). The van der Waals surface area contributed by atoms with Crippen molar-refractivity contribution >= 4 is 0 Å². The summed E-state index contributed by atoms with van der Waals surface area (Å²) in [6, 6.07) is 0.285. The first-order valence-electron chi connectivity index (χ1n) is 5.90. The third-order valence-corrected chi connectivity index (χ3v) is 2.89. The third kappa shape index (κ3) is 3.94. The smallest absolute Gasteiger partial charge is 0.0575 e. The maximum atomic E-state index is 9.66. The van der Waals surface area contributed by atoms with Crippen LogP contribution >= 0.6 is 0 Å². The van der Waals surface area contributed by atoms with Crippen LogP contribution in [0.25, 0.3) is 0 Å².